The third-order valence-corrected chi connectivity index (χ3v) is 4.79. The Hall–Kier alpha value is -2.62. The van der Waals surface area contributed by atoms with Crippen LogP contribution in [0.4, 0.5) is 0 Å². The first-order chi connectivity index (χ1) is 13.1. The topological polar surface area (TPSA) is 67.8 Å². The van der Waals surface area contributed by atoms with Gasteiger partial charge in [-0.25, -0.2) is 0 Å². The van der Waals surface area contributed by atoms with Crippen LogP contribution in [0.3, 0.4) is 0 Å². The predicted octanol–water partition coefficient (Wildman–Crippen LogP) is 2.52. The zero-order valence-electron chi connectivity index (χ0n) is 15.2. The smallest absolute Gasteiger partial charge is 0.249 e. The lowest BCUT2D eigenvalue weighted by atomic mass is 10.1. The van der Waals surface area contributed by atoms with E-state index in [0.29, 0.717) is 30.2 Å². The first-order valence-electron chi connectivity index (χ1n) is 8.51. The van der Waals surface area contributed by atoms with Crippen LogP contribution >= 0.6 is 11.8 Å². The third kappa shape index (κ3) is 6.89. The fraction of sp³-hybridized carbons (Fsp3) is 0.286. The van der Waals surface area contributed by atoms with Gasteiger partial charge in [-0.15, -0.1) is 18.2 Å². The Morgan fingerprint density at radius 3 is 2.74 bits per heavy atom. The molecular formula is C21H23NO4S. The molecule has 1 atom stereocenters. The van der Waals surface area contributed by atoms with Crippen LogP contribution in [0.15, 0.2) is 53.4 Å². The molecule has 2 rings (SSSR count). The highest BCUT2D eigenvalue weighted by Crippen LogP contribution is 2.28. The molecular weight excluding hydrogens is 362 g/mol. The first kappa shape index (κ1) is 20.7. The Morgan fingerprint density at radius 2 is 2.04 bits per heavy atom. The number of terminal acetylenes is 1. The van der Waals surface area contributed by atoms with E-state index in [1.54, 1.807) is 13.2 Å². The molecule has 27 heavy (non-hydrogen) atoms. The average Bonchev–Trinajstić information content (AvgIpc) is 2.71. The van der Waals surface area contributed by atoms with Crippen LogP contribution in [0.25, 0.3) is 0 Å². The molecule has 2 aromatic rings. The molecule has 0 aromatic heterocycles. The molecule has 142 valence electrons. The Labute approximate surface area is 164 Å². The Morgan fingerprint density at radius 1 is 1.26 bits per heavy atom. The number of methoxy groups -OCH3 is 1. The summed E-state index contributed by atoms with van der Waals surface area (Å²) in [4.78, 5) is 13.0. The SMILES string of the molecule is C#CCOc1ccc(CCNC(=O)[C@@H](O)CSc2ccccc2)cc1OC. The summed E-state index contributed by atoms with van der Waals surface area (Å²) in [5.41, 5.74) is 0.980. The number of aliphatic hydroxyl groups is 1. The highest BCUT2D eigenvalue weighted by molar-refractivity contribution is 7.99. The van der Waals surface area contributed by atoms with Crippen LogP contribution in [-0.2, 0) is 11.2 Å². The van der Waals surface area contributed by atoms with Gasteiger partial charge in [-0.05, 0) is 36.2 Å². The van der Waals surface area contributed by atoms with Gasteiger partial charge in [0, 0.05) is 17.2 Å². The Balaban J connectivity index is 1.77. The molecule has 0 radical (unpaired) electrons. The van der Waals surface area contributed by atoms with Crippen LogP contribution in [-0.4, -0.2) is 43.1 Å². The molecule has 2 aromatic carbocycles. The van der Waals surface area contributed by atoms with Crippen molar-refractivity contribution in [1.82, 2.24) is 5.32 Å². The van der Waals surface area contributed by atoms with Crippen LogP contribution < -0.4 is 14.8 Å². The maximum Gasteiger partial charge on any atom is 0.249 e. The highest BCUT2D eigenvalue weighted by Gasteiger charge is 2.15. The van der Waals surface area contributed by atoms with E-state index in [-0.39, 0.29) is 12.5 Å². The quantitative estimate of drug-likeness (QED) is 0.486. The average molecular weight is 385 g/mol. The molecule has 1 amide bonds. The zero-order valence-corrected chi connectivity index (χ0v) is 16.0. The molecule has 0 aliphatic heterocycles. The zero-order chi connectivity index (χ0) is 19.5. The minimum atomic E-state index is -1.05. The molecule has 0 saturated carbocycles. The molecule has 0 bridgehead atoms. The van der Waals surface area contributed by atoms with E-state index in [2.05, 4.69) is 11.2 Å². The molecule has 0 spiro atoms. The van der Waals surface area contributed by atoms with Gasteiger partial charge in [-0.3, -0.25) is 4.79 Å². The van der Waals surface area contributed by atoms with Crippen LogP contribution in [0.2, 0.25) is 0 Å². The Bertz CT molecular complexity index is 773. The number of ether oxygens (including phenoxy) is 2. The number of aliphatic hydroxyl groups excluding tert-OH is 1. The first-order valence-corrected chi connectivity index (χ1v) is 9.49. The summed E-state index contributed by atoms with van der Waals surface area (Å²) in [5, 5.41) is 12.7. The van der Waals surface area contributed by atoms with Crippen molar-refractivity contribution in [2.45, 2.75) is 17.4 Å². The summed E-state index contributed by atoms with van der Waals surface area (Å²) < 4.78 is 10.7. The van der Waals surface area contributed by atoms with Gasteiger partial charge in [0.2, 0.25) is 5.91 Å². The van der Waals surface area contributed by atoms with Crippen molar-refractivity contribution in [3.05, 3.63) is 54.1 Å². The van der Waals surface area contributed by atoms with E-state index < -0.39 is 6.10 Å². The van der Waals surface area contributed by atoms with Crippen LogP contribution in [0, 0.1) is 12.3 Å². The number of hydrogen-bond donors (Lipinski definition) is 2. The number of amides is 1. The van der Waals surface area contributed by atoms with Gasteiger partial charge in [0.05, 0.1) is 7.11 Å². The molecule has 0 unspecified atom stereocenters. The third-order valence-electron chi connectivity index (χ3n) is 3.71. The molecule has 0 heterocycles. The maximum atomic E-state index is 12.0. The van der Waals surface area contributed by atoms with E-state index in [1.807, 2.05) is 42.5 Å². The van der Waals surface area contributed by atoms with Gasteiger partial charge in [-0.2, -0.15) is 0 Å². The highest BCUT2D eigenvalue weighted by atomic mass is 32.2. The van der Waals surface area contributed by atoms with Crippen LogP contribution in [0.5, 0.6) is 11.5 Å². The maximum absolute atomic E-state index is 12.0. The number of thioether (sulfide) groups is 1. The van der Waals surface area contributed by atoms with Gasteiger partial charge in [0.15, 0.2) is 11.5 Å². The number of carbonyl (C=O) groups excluding carboxylic acids is 1. The molecule has 0 aliphatic carbocycles. The lowest BCUT2D eigenvalue weighted by Gasteiger charge is -2.13. The van der Waals surface area contributed by atoms with E-state index >= 15 is 0 Å². The Kier molecular flexibility index (Phi) is 8.56. The minimum absolute atomic E-state index is 0.171. The van der Waals surface area contributed by atoms with Crippen molar-refractivity contribution >= 4 is 17.7 Å². The second-order valence-corrected chi connectivity index (χ2v) is 6.75. The van der Waals surface area contributed by atoms with E-state index in [9.17, 15) is 9.90 Å². The van der Waals surface area contributed by atoms with Crippen molar-refractivity contribution in [2.75, 3.05) is 26.0 Å². The van der Waals surface area contributed by atoms with Crippen molar-refractivity contribution in [3.8, 4) is 23.8 Å². The van der Waals surface area contributed by atoms with E-state index in [1.165, 1.54) is 11.8 Å². The molecule has 0 aliphatic rings. The minimum Gasteiger partial charge on any atom is -0.493 e. The number of hydrogen-bond acceptors (Lipinski definition) is 5. The molecule has 2 N–H and O–H groups in total. The van der Waals surface area contributed by atoms with Gasteiger partial charge in [-0.1, -0.05) is 30.2 Å². The van der Waals surface area contributed by atoms with Gasteiger partial charge in [0.25, 0.3) is 0 Å². The van der Waals surface area contributed by atoms with Crippen molar-refractivity contribution in [2.24, 2.45) is 0 Å². The number of rotatable bonds is 10. The normalized spacial score (nSPS) is 11.3. The summed E-state index contributed by atoms with van der Waals surface area (Å²) in [7, 11) is 1.56. The second-order valence-electron chi connectivity index (χ2n) is 5.66. The van der Waals surface area contributed by atoms with Crippen LogP contribution in [0.1, 0.15) is 5.56 Å². The van der Waals surface area contributed by atoms with Gasteiger partial charge < -0.3 is 19.9 Å². The molecule has 5 nitrogen and oxygen atoms in total. The number of nitrogens with one attached hydrogen (secondary N) is 1. The van der Waals surface area contributed by atoms with Crippen molar-refractivity contribution in [3.63, 3.8) is 0 Å². The van der Waals surface area contributed by atoms with Gasteiger partial charge >= 0.3 is 0 Å². The number of benzene rings is 2. The fourth-order valence-electron chi connectivity index (χ4n) is 2.32. The largest absolute Gasteiger partial charge is 0.493 e. The standard InChI is InChI=1S/C21H23NO4S/c1-3-13-26-19-10-9-16(14-20(19)25-2)11-12-22-21(24)18(23)15-27-17-7-5-4-6-8-17/h1,4-10,14,18,23H,11-13,15H2,2H3,(H,22,24)/t18-/m0/s1. The molecule has 6 heteroatoms. The summed E-state index contributed by atoms with van der Waals surface area (Å²) in [6.07, 6.45) is 4.75. The molecule has 0 saturated heterocycles. The summed E-state index contributed by atoms with van der Waals surface area (Å²) >= 11 is 1.44. The van der Waals surface area contributed by atoms with E-state index in [4.69, 9.17) is 15.9 Å². The fourth-order valence-corrected chi connectivity index (χ4v) is 3.17. The summed E-state index contributed by atoms with van der Waals surface area (Å²) in [5.74, 6) is 3.52. The lowest BCUT2D eigenvalue weighted by Crippen LogP contribution is -2.37. The predicted molar refractivity (Wildman–Crippen MR) is 107 cm³/mol. The summed E-state index contributed by atoms with van der Waals surface area (Å²) in [6, 6.07) is 15.2. The monoisotopic (exact) mass is 385 g/mol. The van der Waals surface area contributed by atoms with Crippen molar-refractivity contribution < 1.29 is 19.4 Å². The second kappa shape index (κ2) is 11.2. The van der Waals surface area contributed by atoms with E-state index in [0.717, 1.165) is 10.5 Å². The summed E-state index contributed by atoms with van der Waals surface area (Å²) in [6.45, 7) is 0.588. The number of carbonyl (C=O) groups is 1. The van der Waals surface area contributed by atoms with Crippen molar-refractivity contribution in [1.29, 1.82) is 0 Å². The lowest BCUT2D eigenvalue weighted by molar-refractivity contribution is -0.128. The van der Waals surface area contributed by atoms with Gasteiger partial charge in [0.1, 0.15) is 12.7 Å². The molecule has 0 fully saturated rings.